The number of allylic oxidation sites excluding steroid dienone is 2. The van der Waals surface area contributed by atoms with Crippen molar-refractivity contribution in [3.63, 3.8) is 0 Å². The van der Waals surface area contributed by atoms with E-state index in [1.165, 1.54) is 17.8 Å². The number of piperidine rings is 1. The highest BCUT2D eigenvalue weighted by Gasteiger charge is 2.45. The van der Waals surface area contributed by atoms with Crippen molar-refractivity contribution in [1.82, 2.24) is 24.9 Å². The summed E-state index contributed by atoms with van der Waals surface area (Å²) in [6.07, 6.45) is 11.6. The second-order valence-electron chi connectivity index (χ2n) is 16.8. The maximum Gasteiger partial charge on any atom is 0.318 e. The van der Waals surface area contributed by atoms with Crippen molar-refractivity contribution in [2.75, 3.05) is 57.3 Å². The monoisotopic (exact) mass is 708 g/mol. The lowest BCUT2D eigenvalue weighted by Gasteiger charge is -2.43. The van der Waals surface area contributed by atoms with Gasteiger partial charge in [0, 0.05) is 81.8 Å². The maximum atomic E-state index is 15.8. The first-order chi connectivity index (χ1) is 23.7. The number of fused-ring (bicyclic) bond motifs is 1. The number of amides is 4. The van der Waals surface area contributed by atoms with Crippen LogP contribution in [0, 0.1) is 17.2 Å². The lowest BCUT2D eigenvalue weighted by Crippen LogP contribution is -2.53. The number of nitrogens with zero attached hydrogens (tertiary/aromatic N) is 5. The van der Waals surface area contributed by atoms with E-state index >= 15 is 4.39 Å². The van der Waals surface area contributed by atoms with Crippen LogP contribution in [-0.2, 0) is 9.59 Å². The van der Waals surface area contributed by atoms with E-state index in [2.05, 4.69) is 74.9 Å². The number of nitrogens with one attached hydrogen (secondary N) is 1. The molecule has 1 N–H and O–H groups in total. The Bertz CT molecular complexity index is 1470. The van der Waals surface area contributed by atoms with Gasteiger partial charge in [-0.05, 0) is 57.9 Å². The van der Waals surface area contributed by atoms with Crippen LogP contribution in [0.15, 0.2) is 42.5 Å². The largest absolute Gasteiger partial charge is 0.366 e. The number of carbonyl (C=O) groups excluding carboxylic acids is 3. The summed E-state index contributed by atoms with van der Waals surface area (Å²) in [4.78, 5) is 51.4. The van der Waals surface area contributed by atoms with Gasteiger partial charge in [-0.3, -0.25) is 14.5 Å². The third-order valence-electron chi connectivity index (χ3n) is 11.2. The molecule has 0 bridgehead atoms. The normalized spacial score (nSPS) is 27.1. The van der Waals surface area contributed by atoms with E-state index in [-0.39, 0.29) is 58.5 Å². The van der Waals surface area contributed by atoms with Gasteiger partial charge >= 0.3 is 6.03 Å². The molecule has 4 aliphatic heterocycles. The number of likely N-dealkylation sites (tertiary alicyclic amines) is 1. The third kappa shape index (κ3) is 8.19. The Balaban J connectivity index is 1.13. The molecule has 0 saturated carbocycles. The minimum atomic E-state index is -0.528. The molecular formula is C39H57FN6O3S. The Kier molecular flexibility index (Phi) is 10.9. The van der Waals surface area contributed by atoms with Crippen LogP contribution >= 0.6 is 11.8 Å². The van der Waals surface area contributed by atoms with E-state index in [1.54, 1.807) is 6.07 Å². The molecule has 0 radical (unpaired) electrons. The number of hydrogen-bond acceptors (Lipinski definition) is 6. The number of urea groups is 1. The number of anilines is 1. The van der Waals surface area contributed by atoms with Gasteiger partial charge < -0.3 is 24.9 Å². The summed E-state index contributed by atoms with van der Waals surface area (Å²) in [5, 5.41) is 2.29. The number of piperazine rings is 1. The Morgan fingerprint density at radius 2 is 1.62 bits per heavy atom. The summed E-state index contributed by atoms with van der Waals surface area (Å²) < 4.78 is 15.8. The second kappa shape index (κ2) is 14.9. The van der Waals surface area contributed by atoms with Crippen molar-refractivity contribution in [3.8, 4) is 0 Å². The number of halogens is 1. The Hall–Kier alpha value is -3.05. The highest BCUT2D eigenvalue weighted by molar-refractivity contribution is 8.01. The van der Waals surface area contributed by atoms with Crippen LogP contribution in [0.4, 0.5) is 14.9 Å². The second-order valence-corrected chi connectivity index (χ2v) is 18.1. The van der Waals surface area contributed by atoms with Gasteiger partial charge in [-0.25, -0.2) is 9.18 Å². The van der Waals surface area contributed by atoms with Gasteiger partial charge in [0.15, 0.2) is 0 Å². The van der Waals surface area contributed by atoms with E-state index in [0.29, 0.717) is 50.9 Å². The first-order valence-corrected chi connectivity index (χ1v) is 19.6. The summed E-state index contributed by atoms with van der Waals surface area (Å²) >= 11 is 1.50. The average molecular weight is 709 g/mol. The third-order valence-corrected chi connectivity index (χ3v) is 12.7. The molecule has 6 rings (SSSR count). The molecule has 4 unspecified atom stereocenters. The summed E-state index contributed by atoms with van der Waals surface area (Å²) in [5.74, 6) is -0.00939. The van der Waals surface area contributed by atoms with Crippen LogP contribution in [0.25, 0.3) is 0 Å². The summed E-state index contributed by atoms with van der Waals surface area (Å²) in [6, 6.07) is 5.35. The number of carbonyl (C=O) groups is 3. The van der Waals surface area contributed by atoms with E-state index < -0.39 is 5.25 Å². The quantitative estimate of drug-likeness (QED) is 0.373. The predicted octanol–water partition coefficient (Wildman–Crippen LogP) is 6.03. The van der Waals surface area contributed by atoms with Gasteiger partial charge in [0.2, 0.25) is 11.8 Å². The molecule has 0 spiro atoms. The van der Waals surface area contributed by atoms with Crippen LogP contribution in [0.5, 0.6) is 0 Å². The molecule has 5 aliphatic rings. The van der Waals surface area contributed by atoms with E-state index in [9.17, 15) is 14.4 Å². The lowest BCUT2D eigenvalue weighted by molar-refractivity contribution is -0.137. The molecule has 274 valence electrons. The summed E-state index contributed by atoms with van der Waals surface area (Å²) in [7, 11) is 0. The Labute approximate surface area is 302 Å². The standard InChI is InChI=1S/C39H57FN6O3S/c1-38(2,3)17-21-46-35(48)32(50-36(46)29-11-9-12-30(40)34(29)43-22-24-44(25-23-43)39(4,5)6)26-33(47)42-18-15-28(16-19-42)45-20-14-27-10-7-8-13-31(27)41-37(45)49/h7-13,27-28,31-32,36H,14-26H2,1-6H3,(H,41,49). The fourth-order valence-corrected chi connectivity index (χ4v) is 9.57. The van der Waals surface area contributed by atoms with Crippen molar-refractivity contribution in [3.05, 3.63) is 53.9 Å². The molecule has 1 aromatic carbocycles. The Morgan fingerprint density at radius 1 is 0.920 bits per heavy atom. The van der Waals surface area contributed by atoms with Gasteiger partial charge in [0.1, 0.15) is 11.2 Å². The molecule has 9 nitrogen and oxygen atoms in total. The molecule has 1 aromatic rings. The zero-order valence-electron chi connectivity index (χ0n) is 30.9. The van der Waals surface area contributed by atoms with Crippen molar-refractivity contribution in [2.45, 2.75) is 102 Å². The minimum absolute atomic E-state index is 0.0114. The predicted molar refractivity (Wildman–Crippen MR) is 199 cm³/mol. The van der Waals surface area contributed by atoms with Crippen LogP contribution in [0.2, 0.25) is 0 Å². The molecular weight excluding hydrogens is 652 g/mol. The molecule has 4 amide bonds. The smallest absolute Gasteiger partial charge is 0.318 e. The summed E-state index contributed by atoms with van der Waals surface area (Å²) in [6.45, 7) is 18.6. The van der Waals surface area contributed by atoms with E-state index in [4.69, 9.17) is 0 Å². The number of benzene rings is 1. The molecule has 4 saturated heterocycles. The van der Waals surface area contributed by atoms with Crippen LogP contribution in [-0.4, -0.2) is 113 Å². The zero-order valence-corrected chi connectivity index (χ0v) is 31.7. The van der Waals surface area contributed by atoms with Gasteiger partial charge in [-0.2, -0.15) is 0 Å². The van der Waals surface area contributed by atoms with Gasteiger partial charge in [0.05, 0.1) is 17.0 Å². The Morgan fingerprint density at radius 3 is 2.30 bits per heavy atom. The first-order valence-electron chi connectivity index (χ1n) is 18.6. The number of thioether (sulfide) groups is 1. The number of hydrogen-bond donors (Lipinski definition) is 1. The van der Waals surface area contributed by atoms with Crippen LogP contribution < -0.4 is 10.2 Å². The first kappa shape index (κ1) is 36.7. The van der Waals surface area contributed by atoms with Gasteiger partial charge in [0.25, 0.3) is 0 Å². The van der Waals surface area contributed by atoms with Crippen molar-refractivity contribution >= 4 is 35.3 Å². The fourth-order valence-electron chi connectivity index (χ4n) is 8.08. The number of para-hydroxylation sites is 1. The fraction of sp³-hybridized carbons (Fsp3) is 0.667. The van der Waals surface area contributed by atoms with Gasteiger partial charge in [-0.1, -0.05) is 57.2 Å². The van der Waals surface area contributed by atoms with Gasteiger partial charge in [-0.15, -0.1) is 11.8 Å². The molecule has 50 heavy (non-hydrogen) atoms. The van der Waals surface area contributed by atoms with Crippen LogP contribution in [0.1, 0.15) is 84.6 Å². The molecule has 4 heterocycles. The zero-order chi connectivity index (χ0) is 35.8. The highest BCUT2D eigenvalue weighted by atomic mass is 32.2. The lowest BCUT2D eigenvalue weighted by atomic mass is 9.92. The SMILES string of the molecule is CC(C)(C)CCN1C(=O)C(CC(=O)N2CCC(N3CCC4C=CC=CC4NC3=O)CC2)SC1c1cccc(F)c1N1CCN(C(C)(C)C)CC1. The van der Waals surface area contributed by atoms with E-state index in [1.807, 2.05) is 26.8 Å². The highest BCUT2D eigenvalue weighted by Crippen LogP contribution is 2.48. The van der Waals surface area contributed by atoms with E-state index in [0.717, 1.165) is 44.3 Å². The minimum Gasteiger partial charge on any atom is -0.366 e. The maximum absolute atomic E-state index is 15.8. The summed E-state index contributed by atoms with van der Waals surface area (Å²) in [5.41, 5.74) is 1.47. The van der Waals surface area contributed by atoms with Crippen LogP contribution in [0.3, 0.4) is 0 Å². The van der Waals surface area contributed by atoms with Crippen molar-refractivity contribution in [1.29, 1.82) is 0 Å². The molecule has 1 aliphatic carbocycles. The molecule has 0 aromatic heterocycles. The topological polar surface area (TPSA) is 79.4 Å². The molecule has 11 heteroatoms. The molecule has 4 fully saturated rings. The van der Waals surface area contributed by atoms with Crippen molar-refractivity contribution in [2.24, 2.45) is 11.3 Å². The number of rotatable bonds is 7. The molecule has 4 atom stereocenters. The van der Waals surface area contributed by atoms with Crippen molar-refractivity contribution < 1.29 is 18.8 Å². The average Bonchev–Trinajstić information content (AvgIpc) is 3.26.